The minimum Gasteiger partial charge on any atom is -0.309 e. The van der Waals surface area contributed by atoms with Gasteiger partial charge in [0.15, 0.2) is 0 Å². The molecular weight excluding hydrogens is 288 g/mol. The summed E-state index contributed by atoms with van der Waals surface area (Å²) in [7, 11) is -3.56. The molecule has 2 N–H and O–H groups in total. The summed E-state index contributed by atoms with van der Waals surface area (Å²) in [5.41, 5.74) is 1.10. The number of H-pyrrole nitrogens is 1. The average Bonchev–Trinajstić information content (AvgIpc) is 2.78. The van der Waals surface area contributed by atoms with Crippen molar-refractivity contribution in [1.82, 2.24) is 19.8 Å². The highest BCUT2D eigenvalue weighted by Gasteiger charge is 2.29. The summed E-state index contributed by atoms with van der Waals surface area (Å²) in [6, 6.07) is 0.262. The Morgan fingerprint density at radius 3 is 2.67 bits per heavy atom. The summed E-state index contributed by atoms with van der Waals surface area (Å²) in [5, 5.41) is 10.1. The highest BCUT2D eigenvalue weighted by molar-refractivity contribution is 7.89. The van der Waals surface area contributed by atoms with E-state index in [4.69, 9.17) is 0 Å². The maximum atomic E-state index is 12.9. The van der Waals surface area contributed by atoms with Gasteiger partial charge in [-0.05, 0) is 13.3 Å². The Hall–Kier alpha value is -1.18. The van der Waals surface area contributed by atoms with Gasteiger partial charge < -0.3 is 5.32 Å². The van der Waals surface area contributed by atoms with E-state index >= 15 is 0 Å². The van der Waals surface area contributed by atoms with Gasteiger partial charge in [-0.3, -0.25) is 5.10 Å². The largest absolute Gasteiger partial charge is 0.309 e. The van der Waals surface area contributed by atoms with E-state index in [2.05, 4.69) is 22.1 Å². The monoisotopic (exact) mass is 314 g/mol. The lowest BCUT2D eigenvalue weighted by atomic mass is 10.3. The first-order valence-electron chi connectivity index (χ1n) is 7.22. The molecule has 0 bridgehead atoms. The molecule has 0 aliphatic heterocycles. The van der Waals surface area contributed by atoms with E-state index in [0.717, 1.165) is 6.42 Å². The summed E-state index contributed by atoms with van der Waals surface area (Å²) in [6.45, 7) is 12.5. The van der Waals surface area contributed by atoms with Crippen LogP contribution in [0.5, 0.6) is 0 Å². The first-order chi connectivity index (χ1) is 9.84. The summed E-state index contributed by atoms with van der Waals surface area (Å²) in [6.07, 6.45) is 2.36. The van der Waals surface area contributed by atoms with Crippen LogP contribution in [0.3, 0.4) is 0 Å². The van der Waals surface area contributed by atoms with Crippen LogP contribution in [-0.4, -0.2) is 42.1 Å². The number of aromatic nitrogens is 2. The summed E-state index contributed by atoms with van der Waals surface area (Å²) < 4.78 is 27.1. The fourth-order valence-electron chi connectivity index (χ4n) is 2.06. The van der Waals surface area contributed by atoms with Gasteiger partial charge in [-0.2, -0.15) is 9.40 Å². The van der Waals surface area contributed by atoms with Crippen LogP contribution in [0.25, 0.3) is 0 Å². The predicted molar refractivity (Wildman–Crippen MR) is 84.5 cm³/mol. The lowest BCUT2D eigenvalue weighted by Gasteiger charge is -2.20. The van der Waals surface area contributed by atoms with Gasteiger partial charge in [0.25, 0.3) is 0 Å². The normalized spacial score (nSPS) is 12.3. The molecule has 1 aromatic heterocycles. The zero-order valence-electron chi connectivity index (χ0n) is 13.3. The predicted octanol–water partition coefficient (Wildman–Crippen LogP) is 1.80. The molecule has 7 heteroatoms. The van der Waals surface area contributed by atoms with E-state index in [0.29, 0.717) is 31.0 Å². The van der Waals surface area contributed by atoms with Gasteiger partial charge in [0.1, 0.15) is 4.90 Å². The van der Waals surface area contributed by atoms with Crippen LogP contribution in [0.1, 0.15) is 38.6 Å². The van der Waals surface area contributed by atoms with E-state index in [-0.39, 0.29) is 10.9 Å². The fraction of sp³-hybridized carbons (Fsp3) is 0.643. The third kappa shape index (κ3) is 4.39. The second kappa shape index (κ2) is 7.72. The summed E-state index contributed by atoms with van der Waals surface area (Å²) in [5.74, 6) is 0. The topological polar surface area (TPSA) is 78.1 Å². The first-order valence-corrected chi connectivity index (χ1v) is 8.66. The van der Waals surface area contributed by atoms with Gasteiger partial charge in [-0.25, -0.2) is 8.42 Å². The number of hydrogen-bond acceptors (Lipinski definition) is 4. The number of aromatic amines is 1. The van der Waals surface area contributed by atoms with Crippen LogP contribution in [-0.2, 0) is 16.6 Å². The number of nitrogens with one attached hydrogen (secondary N) is 2. The molecule has 120 valence electrons. The molecule has 1 rings (SSSR count). The molecule has 0 unspecified atom stereocenters. The minimum absolute atomic E-state index is 0.262. The van der Waals surface area contributed by atoms with Crippen LogP contribution >= 0.6 is 0 Å². The number of hydrogen-bond donors (Lipinski definition) is 2. The Labute approximate surface area is 127 Å². The quantitative estimate of drug-likeness (QED) is 0.681. The van der Waals surface area contributed by atoms with Gasteiger partial charge in [-0.15, -0.1) is 6.58 Å². The molecule has 1 aromatic rings. The van der Waals surface area contributed by atoms with Crippen molar-refractivity contribution in [2.24, 2.45) is 0 Å². The van der Waals surface area contributed by atoms with E-state index < -0.39 is 10.0 Å². The van der Waals surface area contributed by atoms with Gasteiger partial charge in [0.05, 0.1) is 11.4 Å². The Bertz CT molecular complexity index is 564. The molecule has 0 aliphatic rings. The second-order valence-electron chi connectivity index (χ2n) is 5.31. The van der Waals surface area contributed by atoms with Gasteiger partial charge in [0.2, 0.25) is 10.0 Å². The van der Waals surface area contributed by atoms with Crippen molar-refractivity contribution in [1.29, 1.82) is 0 Å². The van der Waals surface area contributed by atoms with E-state index in [1.807, 2.05) is 20.8 Å². The van der Waals surface area contributed by atoms with Crippen LogP contribution in [0.2, 0.25) is 0 Å². The van der Waals surface area contributed by atoms with Crippen molar-refractivity contribution in [3.8, 4) is 0 Å². The maximum absolute atomic E-state index is 12.9. The molecule has 21 heavy (non-hydrogen) atoms. The van der Waals surface area contributed by atoms with E-state index in [1.54, 1.807) is 13.0 Å². The van der Waals surface area contributed by atoms with Crippen LogP contribution in [0.15, 0.2) is 17.6 Å². The van der Waals surface area contributed by atoms with Crippen LogP contribution < -0.4 is 5.32 Å². The van der Waals surface area contributed by atoms with Crippen molar-refractivity contribution in [3.63, 3.8) is 0 Å². The Balaban J connectivity index is 3.16. The highest BCUT2D eigenvalue weighted by Crippen LogP contribution is 2.22. The molecule has 0 aromatic carbocycles. The summed E-state index contributed by atoms with van der Waals surface area (Å²) >= 11 is 0. The van der Waals surface area contributed by atoms with Crippen molar-refractivity contribution < 1.29 is 8.42 Å². The third-order valence-electron chi connectivity index (χ3n) is 3.04. The van der Waals surface area contributed by atoms with Gasteiger partial charge in [-0.1, -0.05) is 26.8 Å². The number of rotatable bonds is 9. The summed E-state index contributed by atoms with van der Waals surface area (Å²) in [4.78, 5) is 0.283. The van der Waals surface area contributed by atoms with Crippen molar-refractivity contribution in [2.75, 3.05) is 13.1 Å². The number of aryl methyl sites for hydroxylation is 1. The SMILES string of the molecule is C=CCN(CCC)S(=O)(=O)c1c(CNC(C)C)n[nH]c1C. The van der Waals surface area contributed by atoms with Crippen molar-refractivity contribution in [3.05, 3.63) is 24.0 Å². The first kappa shape index (κ1) is 17.9. The molecule has 0 aliphatic carbocycles. The fourth-order valence-corrected chi connectivity index (χ4v) is 3.90. The molecule has 0 amide bonds. The van der Waals surface area contributed by atoms with Crippen LogP contribution in [0.4, 0.5) is 0 Å². The molecule has 0 atom stereocenters. The molecule has 0 fully saturated rings. The van der Waals surface area contributed by atoms with E-state index in [1.165, 1.54) is 4.31 Å². The molecule has 0 saturated carbocycles. The Kier molecular flexibility index (Phi) is 6.57. The van der Waals surface area contributed by atoms with Crippen molar-refractivity contribution in [2.45, 2.75) is 51.6 Å². The molecule has 1 heterocycles. The minimum atomic E-state index is -3.56. The second-order valence-corrected chi connectivity index (χ2v) is 7.19. The van der Waals surface area contributed by atoms with E-state index in [9.17, 15) is 8.42 Å². The Morgan fingerprint density at radius 1 is 1.48 bits per heavy atom. The van der Waals surface area contributed by atoms with Crippen molar-refractivity contribution >= 4 is 10.0 Å². The van der Waals surface area contributed by atoms with Gasteiger partial charge >= 0.3 is 0 Å². The van der Waals surface area contributed by atoms with Gasteiger partial charge in [0, 0.05) is 25.7 Å². The molecule has 0 saturated heterocycles. The number of sulfonamides is 1. The molecular formula is C14H26N4O2S. The molecule has 0 radical (unpaired) electrons. The standard InChI is InChI=1S/C14H26N4O2S/c1-6-8-18(9-7-2)21(19,20)14-12(5)16-17-13(14)10-15-11(3)4/h6,11,15H,1,7-10H2,2-5H3,(H,16,17). The third-order valence-corrected chi connectivity index (χ3v) is 5.11. The zero-order valence-corrected chi connectivity index (χ0v) is 14.1. The number of nitrogens with zero attached hydrogens (tertiary/aromatic N) is 2. The molecule has 6 nitrogen and oxygen atoms in total. The molecule has 0 spiro atoms. The maximum Gasteiger partial charge on any atom is 0.247 e. The van der Waals surface area contributed by atoms with Crippen LogP contribution in [0, 0.1) is 6.92 Å². The average molecular weight is 314 g/mol. The lowest BCUT2D eigenvalue weighted by Crippen LogP contribution is -2.33. The Morgan fingerprint density at radius 2 is 2.14 bits per heavy atom. The zero-order chi connectivity index (χ0) is 16.0. The lowest BCUT2D eigenvalue weighted by molar-refractivity contribution is 0.440. The smallest absolute Gasteiger partial charge is 0.247 e. The highest BCUT2D eigenvalue weighted by atomic mass is 32.2.